The van der Waals surface area contributed by atoms with Crippen LogP contribution >= 0.6 is 0 Å². The highest BCUT2D eigenvalue weighted by Crippen LogP contribution is 2.29. The summed E-state index contributed by atoms with van der Waals surface area (Å²) in [4.78, 5) is 0. The summed E-state index contributed by atoms with van der Waals surface area (Å²) in [7, 11) is 0. The fraction of sp³-hybridized carbons (Fsp3) is 0.143. The molecular weight excluding hydrogens is 296 g/mol. The van der Waals surface area contributed by atoms with E-state index in [1.54, 1.807) is 0 Å². The van der Waals surface area contributed by atoms with Crippen molar-refractivity contribution in [3.8, 4) is 0 Å². The highest BCUT2D eigenvalue weighted by atomic mass is 19.2. The number of rotatable bonds is 3. The zero-order valence-corrected chi connectivity index (χ0v) is 10.7. The maximum atomic E-state index is 13.5. The van der Waals surface area contributed by atoms with Crippen LogP contribution in [0.5, 0.6) is 0 Å². The zero-order valence-electron chi connectivity index (χ0n) is 10.7. The van der Waals surface area contributed by atoms with Gasteiger partial charge in [-0.2, -0.15) is 0 Å². The van der Waals surface area contributed by atoms with Gasteiger partial charge in [0.15, 0.2) is 23.3 Å². The second kappa shape index (κ2) is 5.67. The summed E-state index contributed by atoms with van der Waals surface area (Å²) in [5.41, 5.74) is -1.32. The molecule has 0 aromatic heterocycles. The average Bonchev–Trinajstić information content (AvgIpc) is 2.43. The van der Waals surface area contributed by atoms with Crippen molar-refractivity contribution in [2.45, 2.75) is 13.0 Å². The van der Waals surface area contributed by atoms with Crippen LogP contribution in [0.3, 0.4) is 0 Å². The monoisotopic (exact) mass is 305 g/mol. The van der Waals surface area contributed by atoms with Gasteiger partial charge in [-0.3, -0.25) is 0 Å². The summed E-state index contributed by atoms with van der Waals surface area (Å²) in [6.07, 6.45) is 0. The van der Waals surface area contributed by atoms with Gasteiger partial charge < -0.3 is 5.32 Å². The van der Waals surface area contributed by atoms with E-state index in [0.29, 0.717) is 0 Å². The molecule has 1 atom stereocenters. The first-order chi connectivity index (χ1) is 9.81. The van der Waals surface area contributed by atoms with Crippen LogP contribution in [0.2, 0.25) is 0 Å². The van der Waals surface area contributed by atoms with E-state index in [9.17, 15) is 26.3 Å². The van der Waals surface area contributed by atoms with E-state index in [0.717, 1.165) is 18.2 Å². The lowest BCUT2D eigenvalue weighted by atomic mass is 10.1. The molecule has 0 saturated carbocycles. The summed E-state index contributed by atoms with van der Waals surface area (Å²) in [5.74, 6) is -8.05. The topological polar surface area (TPSA) is 12.0 Å². The molecule has 1 nitrogen and oxygen atoms in total. The summed E-state index contributed by atoms with van der Waals surface area (Å²) in [6, 6.07) is 1.46. The molecule has 0 aliphatic heterocycles. The van der Waals surface area contributed by atoms with Crippen molar-refractivity contribution in [2.24, 2.45) is 0 Å². The molecule has 0 amide bonds. The Morgan fingerprint density at radius 2 is 1.38 bits per heavy atom. The lowest BCUT2D eigenvalue weighted by Crippen LogP contribution is -2.13. The Kier molecular flexibility index (Phi) is 4.11. The lowest BCUT2D eigenvalue weighted by Gasteiger charge is -2.18. The van der Waals surface area contributed by atoms with Gasteiger partial charge in [0.25, 0.3) is 0 Å². The number of hydrogen-bond donors (Lipinski definition) is 1. The molecule has 0 heterocycles. The summed E-state index contributed by atoms with van der Waals surface area (Å²) >= 11 is 0. The third-order valence-electron chi connectivity index (χ3n) is 2.90. The number of nitrogens with one attached hydrogen (secondary N) is 1. The zero-order chi connectivity index (χ0) is 15.7. The van der Waals surface area contributed by atoms with Crippen LogP contribution in [0.1, 0.15) is 18.5 Å². The van der Waals surface area contributed by atoms with Crippen LogP contribution in [0.15, 0.2) is 24.3 Å². The average molecular weight is 305 g/mol. The smallest absolute Gasteiger partial charge is 0.185 e. The van der Waals surface area contributed by atoms with Crippen LogP contribution in [0, 0.1) is 34.9 Å². The van der Waals surface area contributed by atoms with E-state index < -0.39 is 46.6 Å². The first-order valence-corrected chi connectivity index (χ1v) is 5.85. The summed E-state index contributed by atoms with van der Waals surface area (Å²) in [6.45, 7) is 1.26. The molecule has 0 radical (unpaired) electrons. The maximum absolute atomic E-state index is 13.5. The van der Waals surface area contributed by atoms with E-state index in [1.165, 1.54) is 6.92 Å². The predicted octanol–water partition coefficient (Wildman–Crippen LogP) is 4.69. The normalized spacial score (nSPS) is 12.3. The van der Waals surface area contributed by atoms with E-state index in [4.69, 9.17) is 0 Å². The molecule has 0 aliphatic rings. The minimum absolute atomic E-state index is 0.0588. The molecule has 7 heteroatoms. The van der Waals surface area contributed by atoms with Crippen LogP contribution in [0.4, 0.5) is 32.0 Å². The maximum Gasteiger partial charge on any atom is 0.185 e. The Hall–Kier alpha value is -2.18. The van der Waals surface area contributed by atoms with Gasteiger partial charge >= 0.3 is 0 Å². The van der Waals surface area contributed by atoms with E-state index in [2.05, 4.69) is 5.32 Å². The Morgan fingerprint density at radius 3 is 1.95 bits per heavy atom. The van der Waals surface area contributed by atoms with Gasteiger partial charge in [0, 0.05) is 11.6 Å². The molecule has 2 aromatic rings. The third-order valence-corrected chi connectivity index (χ3v) is 2.90. The van der Waals surface area contributed by atoms with Crippen molar-refractivity contribution < 1.29 is 26.3 Å². The fourth-order valence-corrected chi connectivity index (χ4v) is 1.84. The molecule has 0 bridgehead atoms. The van der Waals surface area contributed by atoms with Crippen molar-refractivity contribution in [1.82, 2.24) is 0 Å². The summed E-state index contributed by atoms with van der Waals surface area (Å²) < 4.78 is 79.7. The number of hydrogen-bond acceptors (Lipinski definition) is 1. The minimum atomic E-state index is -1.64. The Balaban J connectivity index is 2.40. The molecular formula is C14H9F6N. The SMILES string of the molecule is CC(Nc1c(F)c(F)cc(F)c1F)c1cc(F)ccc1F. The van der Waals surface area contributed by atoms with Gasteiger partial charge in [-0.15, -0.1) is 0 Å². The van der Waals surface area contributed by atoms with Crippen LogP contribution < -0.4 is 5.32 Å². The first-order valence-electron chi connectivity index (χ1n) is 5.85. The van der Waals surface area contributed by atoms with Crippen molar-refractivity contribution in [2.75, 3.05) is 5.32 Å². The molecule has 2 aromatic carbocycles. The largest absolute Gasteiger partial charge is 0.373 e. The standard InChI is InChI=1S/C14H9F6N/c1-6(8-4-7(15)2-3-9(8)16)21-14-12(19)10(17)5-11(18)13(14)20/h2-6,21H,1H3. The second-order valence-electron chi connectivity index (χ2n) is 4.38. The number of halogens is 6. The van der Waals surface area contributed by atoms with E-state index in [1.807, 2.05) is 0 Å². The predicted molar refractivity (Wildman–Crippen MR) is 64.7 cm³/mol. The molecule has 0 fully saturated rings. The van der Waals surface area contributed by atoms with Gasteiger partial charge in [-0.05, 0) is 25.1 Å². The molecule has 21 heavy (non-hydrogen) atoms. The minimum Gasteiger partial charge on any atom is -0.373 e. The van der Waals surface area contributed by atoms with Gasteiger partial charge in [0.05, 0.1) is 6.04 Å². The number of anilines is 1. The second-order valence-corrected chi connectivity index (χ2v) is 4.38. The molecule has 0 aliphatic carbocycles. The molecule has 2 rings (SSSR count). The van der Waals surface area contributed by atoms with Crippen molar-refractivity contribution in [1.29, 1.82) is 0 Å². The van der Waals surface area contributed by atoms with Gasteiger partial charge in [-0.25, -0.2) is 26.3 Å². The van der Waals surface area contributed by atoms with Crippen molar-refractivity contribution >= 4 is 5.69 Å². The van der Waals surface area contributed by atoms with Crippen molar-refractivity contribution in [3.63, 3.8) is 0 Å². The fourth-order valence-electron chi connectivity index (χ4n) is 1.84. The lowest BCUT2D eigenvalue weighted by molar-refractivity contribution is 0.456. The highest BCUT2D eigenvalue weighted by molar-refractivity contribution is 5.49. The first kappa shape index (κ1) is 15.2. The quantitative estimate of drug-likeness (QED) is 0.640. The van der Waals surface area contributed by atoms with E-state index in [-0.39, 0.29) is 11.6 Å². The highest BCUT2D eigenvalue weighted by Gasteiger charge is 2.22. The van der Waals surface area contributed by atoms with E-state index >= 15 is 0 Å². The van der Waals surface area contributed by atoms with Crippen molar-refractivity contribution in [3.05, 3.63) is 64.7 Å². The summed E-state index contributed by atoms with van der Waals surface area (Å²) in [5, 5.41) is 2.11. The Labute approximate surface area is 116 Å². The third kappa shape index (κ3) is 2.96. The van der Waals surface area contributed by atoms with Crippen LogP contribution in [-0.4, -0.2) is 0 Å². The van der Waals surface area contributed by atoms with Gasteiger partial charge in [0.2, 0.25) is 0 Å². The Bertz CT molecular complexity index is 659. The molecule has 1 unspecified atom stereocenters. The Morgan fingerprint density at radius 1 is 0.810 bits per heavy atom. The van der Waals surface area contributed by atoms with Gasteiger partial charge in [-0.1, -0.05) is 0 Å². The molecule has 1 N–H and O–H groups in total. The van der Waals surface area contributed by atoms with Crippen LogP contribution in [0.25, 0.3) is 0 Å². The molecule has 0 spiro atoms. The number of benzene rings is 2. The van der Waals surface area contributed by atoms with Gasteiger partial charge in [0.1, 0.15) is 17.3 Å². The molecule has 112 valence electrons. The molecule has 0 saturated heterocycles. The van der Waals surface area contributed by atoms with Crippen LogP contribution in [-0.2, 0) is 0 Å².